The topological polar surface area (TPSA) is 63.1 Å². The molecule has 0 saturated carbocycles. The van der Waals surface area contributed by atoms with Gasteiger partial charge in [-0.2, -0.15) is 15.0 Å². The minimum absolute atomic E-state index is 0.0925. The second-order valence-corrected chi connectivity index (χ2v) is 3.54. The number of hydrogen-bond donors (Lipinski definition) is 1. The fourth-order valence-electron chi connectivity index (χ4n) is 1.64. The van der Waals surface area contributed by atoms with E-state index in [4.69, 9.17) is 0 Å². The first kappa shape index (κ1) is 10.1. The van der Waals surface area contributed by atoms with Crippen molar-refractivity contribution in [2.45, 2.75) is 13.0 Å². The van der Waals surface area contributed by atoms with Gasteiger partial charge < -0.3 is 10.2 Å². The van der Waals surface area contributed by atoms with E-state index in [2.05, 4.69) is 15.5 Å². The molecule has 2 heterocycles. The van der Waals surface area contributed by atoms with Gasteiger partial charge in [0, 0.05) is 19.6 Å². The van der Waals surface area contributed by atoms with Crippen LogP contribution in [-0.4, -0.2) is 52.0 Å². The number of rotatable bonds is 2. The van der Waals surface area contributed by atoms with E-state index in [1.165, 1.54) is 4.80 Å². The Labute approximate surface area is 88.2 Å². The molecule has 1 aromatic heterocycles. The Morgan fingerprint density at radius 1 is 1.27 bits per heavy atom. The summed E-state index contributed by atoms with van der Waals surface area (Å²) in [5.74, 6) is 0.0925. The Morgan fingerprint density at radius 2 is 2.07 bits per heavy atom. The molecule has 15 heavy (non-hydrogen) atoms. The van der Waals surface area contributed by atoms with E-state index in [-0.39, 0.29) is 12.5 Å². The molecule has 0 bridgehead atoms. The minimum Gasteiger partial charge on any atom is -0.340 e. The fraction of sp³-hybridized carbons (Fsp3) is 0.667. The standard InChI is InChI=1S/C9H15N5O/c15-9(8-14-11-3-4-12-14)13-6-1-2-10-5-7-13/h3-4,10H,1-2,5-8H2. The monoisotopic (exact) mass is 209 g/mol. The highest BCUT2D eigenvalue weighted by Gasteiger charge is 2.15. The first-order chi connectivity index (χ1) is 7.36. The normalized spacial score (nSPS) is 17.5. The van der Waals surface area contributed by atoms with Crippen LogP contribution in [0.5, 0.6) is 0 Å². The number of nitrogens with zero attached hydrogens (tertiary/aromatic N) is 4. The Bertz CT molecular complexity index is 302. The average Bonchev–Trinajstić information content (AvgIpc) is 2.58. The van der Waals surface area contributed by atoms with E-state index in [9.17, 15) is 4.79 Å². The molecule has 0 aromatic carbocycles. The maximum absolute atomic E-state index is 11.8. The summed E-state index contributed by atoms with van der Waals surface area (Å²) in [7, 11) is 0. The highest BCUT2D eigenvalue weighted by Crippen LogP contribution is 1.97. The molecule has 0 unspecified atom stereocenters. The largest absolute Gasteiger partial charge is 0.340 e. The van der Waals surface area contributed by atoms with Crippen LogP contribution < -0.4 is 5.32 Å². The van der Waals surface area contributed by atoms with Gasteiger partial charge in [0.25, 0.3) is 0 Å². The van der Waals surface area contributed by atoms with Crippen LogP contribution in [0, 0.1) is 0 Å². The Morgan fingerprint density at radius 3 is 2.87 bits per heavy atom. The maximum atomic E-state index is 11.8. The summed E-state index contributed by atoms with van der Waals surface area (Å²) in [5, 5.41) is 11.1. The van der Waals surface area contributed by atoms with Crippen LogP contribution in [0.25, 0.3) is 0 Å². The zero-order chi connectivity index (χ0) is 10.5. The third kappa shape index (κ3) is 2.76. The molecule has 1 saturated heterocycles. The maximum Gasteiger partial charge on any atom is 0.246 e. The number of aromatic nitrogens is 3. The average molecular weight is 209 g/mol. The first-order valence-electron chi connectivity index (χ1n) is 5.19. The Kier molecular flexibility index (Phi) is 3.29. The van der Waals surface area contributed by atoms with Crippen molar-refractivity contribution >= 4 is 5.91 Å². The van der Waals surface area contributed by atoms with Gasteiger partial charge in [0.1, 0.15) is 6.54 Å². The highest BCUT2D eigenvalue weighted by atomic mass is 16.2. The van der Waals surface area contributed by atoms with Crippen molar-refractivity contribution in [2.75, 3.05) is 26.2 Å². The fourth-order valence-corrected chi connectivity index (χ4v) is 1.64. The molecule has 82 valence electrons. The predicted octanol–water partition coefficient (Wildman–Crippen LogP) is -0.900. The van der Waals surface area contributed by atoms with Crippen LogP contribution in [0.2, 0.25) is 0 Å². The van der Waals surface area contributed by atoms with E-state index in [1.54, 1.807) is 12.4 Å². The second-order valence-electron chi connectivity index (χ2n) is 3.54. The summed E-state index contributed by atoms with van der Waals surface area (Å²) in [4.78, 5) is 15.1. The lowest BCUT2D eigenvalue weighted by atomic mass is 10.4. The van der Waals surface area contributed by atoms with Crippen molar-refractivity contribution in [3.63, 3.8) is 0 Å². The van der Waals surface area contributed by atoms with Crippen LogP contribution in [0.15, 0.2) is 12.4 Å². The molecule has 0 aliphatic carbocycles. The van der Waals surface area contributed by atoms with E-state index >= 15 is 0 Å². The smallest absolute Gasteiger partial charge is 0.246 e. The van der Waals surface area contributed by atoms with Crippen molar-refractivity contribution in [3.05, 3.63) is 12.4 Å². The van der Waals surface area contributed by atoms with Crippen molar-refractivity contribution < 1.29 is 4.79 Å². The minimum atomic E-state index is 0.0925. The first-order valence-corrected chi connectivity index (χ1v) is 5.19. The summed E-state index contributed by atoms with van der Waals surface area (Å²) in [5.41, 5.74) is 0. The molecule has 0 radical (unpaired) electrons. The van der Waals surface area contributed by atoms with Gasteiger partial charge in [-0.1, -0.05) is 0 Å². The summed E-state index contributed by atoms with van der Waals surface area (Å²) in [6, 6.07) is 0. The van der Waals surface area contributed by atoms with Crippen molar-refractivity contribution in [1.29, 1.82) is 0 Å². The Hall–Kier alpha value is -1.43. The van der Waals surface area contributed by atoms with E-state index < -0.39 is 0 Å². The van der Waals surface area contributed by atoms with Gasteiger partial charge in [0.05, 0.1) is 12.4 Å². The molecule has 1 N–H and O–H groups in total. The number of carbonyl (C=O) groups excluding carboxylic acids is 1. The molecule has 2 rings (SSSR count). The molecule has 0 atom stereocenters. The van der Waals surface area contributed by atoms with Gasteiger partial charge in [-0.25, -0.2) is 0 Å². The summed E-state index contributed by atoms with van der Waals surface area (Å²) < 4.78 is 0. The van der Waals surface area contributed by atoms with Crippen molar-refractivity contribution in [1.82, 2.24) is 25.2 Å². The predicted molar refractivity (Wildman–Crippen MR) is 54.1 cm³/mol. The van der Waals surface area contributed by atoms with Crippen LogP contribution >= 0.6 is 0 Å². The van der Waals surface area contributed by atoms with Gasteiger partial charge in [0.15, 0.2) is 0 Å². The number of nitrogens with one attached hydrogen (secondary N) is 1. The summed E-state index contributed by atoms with van der Waals surface area (Å²) >= 11 is 0. The molecule has 1 aliphatic heterocycles. The molecule has 6 nitrogen and oxygen atoms in total. The summed E-state index contributed by atoms with van der Waals surface area (Å²) in [6.07, 6.45) is 4.17. The van der Waals surface area contributed by atoms with Crippen LogP contribution in [0.3, 0.4) is 0 Å². The van der Waals surface area contributed by atoms with Crippen LogP contribution in [0.4, 0.5) is 0 Å². The third-order valence-electron chi connectivity index (χ3n) is 2.44. The lowest BCUT2D eigenvalue weighted by Gasteiger charge is -2.19. The van der Waals surface area contributed by atoms with Gasteiger partial charge in [-0.05, 0) is 13.0 Å². The van der Waals surface area contributed by atoms with E-state index in [0.29, 0.717) is 0 Å². The molecule has 0 spiro atoms. The molecule has 6 heteroatoms. The lowest BCUT2D eigenvalue weighted by molar-refractivity contribution is -0.132. The molecular formula is C9H15N5O. The third-order valence-corrected chi connectivity index (χ3v) is 2.44. The lowest BCUT2D eigenvalue weighted by Crippen LogP contribution is -2.36. The molecule has 1 aromatic rings. The van der Waals surface area contributed by atoms with Crippen LogP contribution in [0.1, 0.15) is 6.42 Å². The highest BCUT2D eigenvalue weighted by molar-refractivity contribution is 5.75. The van der Waals surface area contributed by atoms with Crippen molar-refractivity contribution in [2.24, 2.45) is 0 Å². The van der Waals surface area contributed by atoms with Gasteiger partial charge >= 0.3 is 0 Å². The van der Waals surface area contributed by atoms with E-state index in [1.807, 2.05) is 4.90 Å². The van der Waals surface area contributed by atoms with Gasteiger partial charge in [-0.15, -0.1) is 0 Å². The summed E-state index contributed by atoms with van der Waals surface area (Å²) in [6.45, 7) is 3.71. The molecular weight excluding hydrogens is 194 g/mol. The molecule has 1 aliphatic rings. The second kappa shape index (κ2) is 4.88. The quantitative estimate of drug-likeness (QED) is 0.685. The molecule has 1 amide bonds. The number of amides is 1. The van der Waals surface area contributed by atoms with E-state index in [0.717, 1.165) is 32.6 Å². The van der Waals surface area contributed by atoms with Gasteiger partial charge in [-0.3, -0.25) is 4.79 Å². The van der Waals surface area contributed by atoms with Crippen LogP contribution in [-0.2, 0) is 11.3 Å². The zero-order valence-electron chi connectivity index (χ0n) is 8.59. The molecule has 1 fully saturated rings. The van der Waals surface area contributed by atoms with Crippen molar-refractivity contribution in [3.8, 4) is 0 Å². The zero-order valence-corrected chi connectivity index (χ0v) is 8.59. The SMILES string of the molecule is O=C(Cn1nccn1)N1CCCNCC1. The number of hydrogen-bond acceptors (Lipinski definition) is 4. The van der Waals surface area contributed by atoms with Gasteiger partial charge in [0.2, 0.25) is 5.91 Å². The number of carbonyl (C=O) groups is 1. The Balaban J connectivity index is 1.89.